The number of aryl methyl sites for hydroxylation is 1. The quantitative estimate of drug-likeness (QED) is 0.630. The van der Waals surface area contributed by atoms with E-state index in [0.717, 1.165) is 62.2 Å². The molecule has 1 aromatic rings. The topological polar surface area (TPSA) is 56.0 Å². The molecule has 1 fully saturated rings. The van der Waals surface area contributed by atoms with Gasteiger partial charge in [-0.2, -0.15) is 0 Å². The monoisotopic (exact) mass is 433 g/mol. The Morgan fingerprint density at radius 3 is 2.70 bits per heavy atom. The van der Waals surface area contributed by atoms with Crippen LogP contribution in [-0.2, 0) is 21.5 Å². The molecule has 2 aliphatic rings. The third kappa shape index (κ3) is 4.30. The predicted octanol–water partition coefficient (Wildman–Crippen LogP) is 5.34. The normalized spacial score (nSPS) is 27.1. The van der Waals surface area contributed by atoms with Crippen LogP contribution in [-0.4, -0.2) is 28.9 Å². The Balaban J connectivity index is 1.95. The van der Waals surface area contributed by atoms with Crippen molar-refractivity contribution < 1.29 is 9.53 Å². The first-order valence-electron chi connectivity index (χ1n) is 11.5. The second-order valence-corrected chi connectivity index (χ2v) is 11.6. The third-order valence-corrected chi connectivity index (χ3v) is 8.59. The van der Waals surface area contributed by atoms with Crippen molar-refractivity contribution in [2.24, 2.45) is 26.7 Å². The molecule has 30 heavy (non-hydrogen) atoms. The van der Waals surface area contributed by atoms with Crippen LogP contribution >= 0.6 is 11.5 Å². The number of ether oxygens (including phenoxy) is 1. The van der Waals surface area contributed by atoms with E-state index in [2.05, 4.69) is 63.6 Å². The summed E-state index contributed by atoms with van der Waals surface area (Å²) in [5.41, 5.74) is 0.422. The summed E-state index contributed by atoms with van der Waals surface area (Å²) < 4.78 is 9.02. The fourth-order valence-electron chi connectivity index (χ4n) is 4.55. The van der Waals surface area contributed by atoms with E-state index in [-0.39, 0.29) is 22.8 Å². The van der Waals surface area contributed by atoms with Gasteiger partial charge in [0.15, 0.2) is 5.90 Å². The van der Waals surface area contributed by atoms with Crippen molar-refractivity contribution in [3.8, 4) is 0 Å². The summed E-state index contributed by atoms with van der Waals surface area (Å²) in [6.07, 6.45) is 8.14. The molecule has 5 nitrogen and oxygen atoms in total. The van der Waals surface area contributed by atoms with Crippen LogP contribution in [0.4, 0.5) is 0 Å². The van der Waals surface area contributed by atoms with Crippen LogP contribution in [0.5, 0.6) is 0 Å². The molecule has 2 atom stereocenters. The average Bonchev–Trinajstić information content (AvgIpc) is 3.20. The van der Waals surface area contributed by atoms with Crippen molar-refractivity contribution >= 4 is 23.3 Å². The molecule has 0 unspecified atom stereocenters. The molecule has 1 amide bonds. The number of nitrogens with zero attached hydrogens (tertiary/aromatic N) is 3. The highest BCUT2D eigenvalue weighted by molar-refractivity contribution is 7.04. The van der Waals surface area contributed by atoms with Crippen molar-refractivity contribution in [3.63, 3.8) is 0 Å². The number of unbranched alkanes of at least 4 members (excludes halogenated alkanes) is 1. The maximum Gasteiger partial charge on any atom is 0.253 e. The second kappa shape index (κ2) is 8.60. The molecule has 0 radical (unpaired) electrons. The molecule has 1 aliphatic heterocycles. The van der Waals surface area contributed by atoms with E-state index in [4.69, 9.17) is 9.73 Å². The minimum atomic E-state index is -0.514. The Hall–Kier alpha value is -1.43. The number of amides is 1. The van der Waals surface area contributed by atoms with Gasteiger partial charge >= 0.3 is 0 Å². The minimum absolute atomic E-state index is 0.00654. The highest BCUT2D eigenvalue weighted by Gasteiger charge is 2.58. The van der Waals surface area contributed by atoms with Gasteiger partial charge < -0.3 is 4.74 Å². The van der Waals surface area contributed by atoms with Crippen LogP contribution in [0, 0.1) is 16.7 Å². The lowest BCUT2D eigenvalue weighted by Gasteiger charge is -2.39. The lowest BCUT2D eigenvalue weighted by molar-refractivity contribution is -0.132. The number of carbonyl (C=O) groups excluding carboxylic acids is 1. The van der Waals surface area contributed by atoms with Crippen LogP contribution in [0.3, 0.4) is 0 Å². The fourth-order valence-corrected chi connectivity index (χ4v) is 5.59. The molecular weight excluding hydrogens is 394 g/mol. The van der Waals surface area contributed by atoms with Gasteiger partial charge in [0.05, 0.1) is 12.0 Å². The highest BCUT2D eigenvalue weighted by Crippen LogP contribution is 2.57. The van der Waals surface area contributed by atoms with Crippen LogP contribution < -0.4 is 4.67 Å². The molecule has 0 spiro atoms. The van der Waals surface area contributed by atoms with Crippen LogP contribution in [0.2, 0.25) is 0 Å². The van der Waals surface area contributed by atoms with E-state index in [1.165, 1.54) is 5.56 Å². The standard InChI is InChI=1S/C24H39N3O2S/c1-8-9-11-17-16-27(22(2,3)4)30-20(17)26-21(28)24(7)13-12-18(23(24,5)6)19-25-14-10-15-29-19/h16,18H,8-15H2,1-7H3/t18-,24+/m1/s1. The second-order valence-electron chi connectivity index (χ2n) is 10.6. The molecular formula is C24H39N3O2S. The van der Waals surface area contributed by atoms with Gasteiger partial charge in [0, 0.05) is 36.2 Å². The zero-order chi connectivity index (χ0) is 22.2. The average molecular weight is 434 g/mol. The number of carbonyl (C=O) groups is 1. The lowest BCUT2D eigenvalue weighted by Crippen LogP contribution is -2.43. The first-order chi connectivity index (χ1) is 14.0. The molecule has 1 aromatic heterocycles. The summed E-state index contributed by atoms with van der Waals surface area (Å²) in [4.78, 5) is 23.0. The first kappa shape index (κ1) is 23.2. The SMILES string of the molecule is CCCCc1cn(C(C)(C)C)sc1=NC(=O)[C@]1(C)CC[C@H](C2=NCCCO2)C1(C)C. The number of aliphatic imine (C=N–C) groups is 1. The number of aromatic nitrogens is 1. The van der Waals surface area contributed by atoms with Gasteiger partial charge in [-0.05, 0) is 63.4 Å². The van der Waals surface area contributed by atoms with Gasteiger partial charge in [-0.15, -0.1) is 0 Å². The Labute approximate surface area is 185 Å². The van der Waals surface area contributed by atoms with E-state index in [1.54, 1.807) is 11.5 Å². The Morgan fingerprint density at radius 1 is 1.37 bits per heavy atom. The molecule has 1 aliphatic carbocycles. The van der Waals surface area contributed by atoms with Crippen molar-refractivity contribution in [3.05, 3.63) is 16.4 Å². The van der Waals surface area contributed by atoms with Crippen LogP contribution in [0.15, 0.2) is 16.2 Å². The Bertz CT molecular complexity index is 872. The van der Waals surface area contributed by atoms with E-state index < -0.39 is 5.41 Å². The summed E-state index contributed by atoms with van der Waals surface area (Å²) in [7, 11) is 0. The van der Waals surface area contributed by atoms with Crippen LogP contribution in [0.25, 0.3) is 0 Å². The Morgan fingerprint density at radius 2 is 2.10 bits per heavy atom. The lowest BCUT2D eigenvalue weighted by atomic mass is 9.65. The molecule has 0 bridgehead atoms. The molecule has 0 saturated heterocycles. The fraction of sp³-hybridized carbons (Fsp3) is 0.792. The molecule has 0 N–H and O–H groups in total. The van der Waals surface area contributed by atoms with Crippen molar-refractivity contribution in [1.29, 1.82) is 0 Å². The summed E-state index contributed by atoms with van der Waals surface area (Å²) >= 11 is 1.61. The highest BCUT2D eigenvalue weighted by atomic mass is 32.1. The molecule has 0 aromatic carbocycles. The largest absolute Gasteiger partial charge is 0.481 e. The van der Waals surface area contributed by atoms with Gasteiger partial charge in [0.25, 0.3) is 5.91 Å². The molecule has 2 heterocycles. The minimum Gasteiger partial charge on any atom is -0.481 e. The number of rotatable bonds is 5. The van der Waals surface area contributed by atoms with Crippen LogP contribution in [0.1, 0.15) is 86.1 Å². The molecule has 3 rings (SSSR count). The molecule has 6 heteroatoms. The zero-order valence-corrected chi connectivity index (χ0v) is 20.7. The van der Waals surface area contributed by atoms with E-state index in [0.29, 0.717) is 0 Å². The van der Waals surface area contributed by atoms with Crippen molar-refractivity contribution in [2.75, 3.05) is 13.2 Å². The van der Waals surface area contributed by atoms with Crippen molar-refractivity contribution in [1.82, 2.24) is 3.96 Å². The molecule has 168 valence electrons. The predicted molar refractivity (Wildman–Crippen MR) is 124 cm³/mol. The zero-order valence-electron chi connectivity index (χ0n) is 19.9. The summed E-state index contributed by atoms with van der Waals surface area (Å²) in [5, 5.41) is 0. The Kier molecular flexibility index (Phi) is 6.66. The summed E-state index contributed by atoms with van der Waals surface area (Å²) in [6.45, 7) is 16.8. The smallest absolute Gasteiger partial charge is 0.253 e. The van der Waals surface area contributed by atoms with E-state index in [9.17, 15) is 4.79 Å². The number of hydrogen-bond donors (Lipinski definition) is 0. The van der Waals surface area contributed by atoms with Gasteiger partial charge in [-0.1, -0.05) is 34.1 Å². The van der Waals surface area contributed by atoms with Crippen molar-refractivity contribution in [2.45, 2.75) is 92.5 Å². The van der Waals surface area contributed by atoms with Gasteiger partial charge in [0.1, 0.15) is 4.67 Å². The van der Waals surface area contributed by atoms with Gasteiger partial charge in [0.2, 0.25) is 0 Å². The third-order valence-electron chi connectivity index (χ3n) is 7.21. The maximum absolute atomic E-state index is 13.6. The summed E-state index contributed by atoms with van der Waals surface area (Å²) in [6, 6.07) is 0. The van der Waals surface area contributed by atoms with Gasteiger partial charge in [-0.25, -0.2) is 4.99 Å². The van der Waals surface area contributed by atoms with E-state index >= 15 is 0 Å². The first-order valence-corrected chi connectivity index (χ1v) is 12.3. The maximum atomic E-state index is 13.6. The summed E-state index contributed by atoms with van der Waals surface area (Å²) in [5.74, 6) is 1.05. The van der Waals surface area contributed by atoms with Gasteiger partial charge in [-0.3, -0.25) is 13.7 Å². The number of hydrogen-bond acceptors (Lipinski definition) is 4. The molecule has 1 saturated carbocycles. The van der Waals surface area contributed by atoms with E-state index in [1.807, 2.05) is 0 Å².